The molecule has 0 amide bonds. The van der Waals surface area contributed by atoms with Gasteiger partial charge in [0.25, 0.3) is 5.56 Å². The molecule has 2 rings (SSSR count). The maximum atomic E-state index is 11.8. The zero-order chi connectivity index (χ0) is 11.5. The first-order valence-electron chi connectivity index (χ1n) is 4.76. The Kier molecular flexibility index (Phi) is 3.81. The van der Waals surface area contributed by atoms with Crippen LogP contribution in [-0.2, 0) is 6.54 Å². The molecule has 4 heteroatoms. The fourth-order valence-electron chi connectivity index (χ4n) is 1.42. The van der Waals surface area contributed by atoms with Crippen molar-refractivity contribution in [1.82, 2.24) is 4.57 Å². The van der Waals surface area contributed by atoms with E-state index in [1.807, 2.05) is 42.6 Å². The minimum atomic E-state index is 0.0611. The van der Waals surface area contributed by atoms with Crippen molar-refractivity contribution < 1.29 is 0 Å². The molecule has 0 aliphatic carbocycles. The third-order valence-electron chi connectivity index (χ3n) is 2.24. The number of hydrogen-bond acceptors (Lipinski definition) is 1. The van der Waals surface area contributed by atoms with E-state index in [0.29, 0.717) is 6.54 Å². The molecule has 0 aliphatic heterocycles. The number of benzene rings is 1. The predicted molar refractivity (Wildman–Crippen MR) is 76.7 cm³/mol. The fraction of sp³-hybridized carbons (Fsp3) is 0.0833. The molecule has 0 N–H and O–H groups in total. The first-order valence-corrected chi connectivity index (χ1v) is 6.63. The van der Waals surface area contributed by atoms with Crippen molar-refractivity contribution in [2.24, 2.45) is 0 Å². The molecule has 2 nitrogen and oxygen atoms in total. The Balaban J connectivity index is 2.31. The van der Waals surface area contributed by atoms with Gasteiger partial charge in [-0.05, 0) is 52.4 Å². The Morgan fingerprint density at radius 2 is 1.88 bits per heavy atom. The number of aromatic nitrogens is 1. The van der Waals surface area contributed by atoms with Crippen LogP contribution in [0.2, 0.25) is 0 Å². The highest BCUT2D eigenvalue weighted by Crippen LogP contribution is 2.11. The Morgan fingerprint density at radius 1 is 1.19 bits per heavy atom. The lowest BCUT2D eigenvalue weighted by Gasteiger charge is -2.06. The van der Waals surface area contributed by atoms with Crippen LogP contribution < -0.4 is 5.56 Å². The number of pyridine rings is 1. The molecule has 0 saturated heterocycles. The van der Waals surface area contributed by atoms with Crippen LogP contribution in [0.4, 0.5) is 0 Å². The van der Waals surface area contributed by atoms with Gasteiger partial charge in [-0.25, -0.2) is 0 Å². The molecular weight excluding hydrogens is 381 g/mol. The standard InChI is InChI=1S/C12H9BrINO/c13-10-5-3-9(4-6-10)8-15-7-1-2-11(14)12(15)16/h1-7H,8H2. The second-order valence-corrected chi connectivity index (χ2v) is 5.49. The van der Waals surface area contributed by atoms with Gasteiger partial charge in [0.1, 0.15) is 0 Å². The van der Waals surface area contributed by atoms with E-state index in [0.717, 1.165) is 13.6 Å². The molecule has 0 radical (unpaired) electrons. The van der Waals surface area contributed by atoms with E-state index in [9.17, 15) is 4.79 Å². The Bertz CT molecular complexity index is 548. The number of nitrogens with zero attached hydrogens (tertiary/aromatic N) is 1. The van der Waals surface area contributed by atoms with Crippen molar-refractivity contribution in [3.05, 3.63) is 66.6 Å². The van der Waals surface area contributed by atoms with Crippen molar-refractivity contribution in [3.8, 4) is 0 Å². The van der Waals surface area contributed by atoms with Gasteiger partial charge in [-0.2, -0.15) is 0 Å². The molecule has 16 heavy (non-hydrogen) atoms. The zero-order valence-electron chi connectivity index (χ0n) is 8.36. The molecule has 0 saturated carbocycles. The summed E-state index contributed by atoms with van der Waals surface area (Å²) in [6.45, 7) is 0.614. The smallest absolute Gasteiger partial charge is 0.264 e. The van der Waals surface area contributed by atoms with Crippen molar-refractivity contribution in [3.63, 3.8) is 0 Å². The molecule has 0 spiro atoms. The average molecular weight is 390 g/mol. The van der Waals surface area contributed by atoms with E-state index >= 15 is 0 Å². The molecule has 1 heterocycles. The molecule has 0 atom stereocenters. The van der Waals surface area contributed by atoms with Gasteiger partial charge in [-0.1, -0.05) is 28.1 Å². The zero-order valence-corrected chi connectivity index (χ0v) is 12.1. The Hall–Kier alpha value is -0.620. The maximum Gasteiger partial charge on any atom is 0.264 e. The number of hydrogen-bond donors (Lipinski definition) is 0. The summed E-state index contributed by atoms with van der Waals surface area (Å²) in [4.78, 5) is 11.8. The van der Waals surface area contributed by atoms with Gasteiger partial charge in [0.15, 0.2) is 0 Å². The highest BCUT2D eigenvalue weighted by Gasteiger charge is 2.00. The number of rotatable bonds is 2. The van der Waals surface area contributed by atoms with E-state index < -0.39 is 0 Å². The number of halogens is 2. The van der Waals surface area contributed by atoms with Crippen molar-refractivity contribution in [2.75, 3.05) is 0 Å². The minimum absolute atomic E-state index is 0.0611. The van der Waals surface area contributed by atoms with E-state index in [1.54, 1.807) is 4.57 Å². The van der Waals surface area contributed by atoms with E-state index in [2.05, 4.69) is 38.5 Å². The second kappa shape index (κ2) is 5.14. The Morgan fingerprint density at radius 3 is 2.56 bits per heavy atom. The summed E-state index contributed by atoms with van der Waals surface area (Å²) in [5.41, 5.74) is 1.18. The molecule has 0 fully saturated rings. The van der Waals surface area contributed by atoms with Crippen LogP contribution in [0.1, 0.15) is 5.56 Å². The highest BCUT2D eigenvalue weighted by atomic mass is 127. The van der Waals surface area contributed by atoms with E-state index in [1.165, 1.54) is 0 Å². The van der Waals surface area contributed by atoms with Crippen molar-refractivity contribution in [1.29, 1.82) is 0 Å². The quantitative estimate of drug-likeness (QED) is 0.722. The lowest BCUT2D eigenvalue weighted by Crippen LogP contribution is -2.21. The van der Waals surface area contributed by atoms with Crippen LogP contribution in [0, 0.1) is 3.57 Å². The van der Waals surface area contributed by atoms with Crippen LogP contribution in [0.15, 0.2) is 51.9 Å². The SMILES string of the molecule is O=c1c(I)cccn1Cc1ccc(Br)cc1. The van der Waals surface area contributed by atoms with Gasteiger partial charge in [0, 0.05) is 10.7 Å². The largest absolute Gasteiger partial charge is 0.310 e. The highest BCUT2D eigenvalue weighted by molar-refractivity contribution is 14.1. The summed E-state index contributed by atoms with van der Waals surface area (Å²) in [6.07, 6.45) is 1.81. The third kappa shape index (κ3) is 2.74. The summed E-state index contributed by atoms with van der Waals surface area (Å²) in [7, 11) is 0. The molecule has 2 aromatic rings. The van der Waals surface area contributed by atoms with Crippen LogP contribution >= 0.6 is 38.5 Å². The van der Waals surface area contributed by atoms with E-state index in [-0.39, 0.29) is 5.56 Å². The normalized spacial score (nSPS) is 10.4. The minimum Gasteiger partial charge on any atom is -0.310 e. The lowest BCUT2D eigenvalue weighted by atomic mass is 10.2. The predicted octanol–water partition coefficient (Wildman–Crippen LogP) is 3.26. The molecule has 0 unspecified atom stereocenters. The van der Waals surface area contributed by atoms with Gasteiger partial charge in [-0.3, -0.25) is 4.79 Å². The molecule has 0 aliphatic rings. The second-order valence-electron chi connectivity index (χ2n) is 3.42. The lowest BCUT2D eigenvalue weighted by molar-refractivity contribution is 0.754. The summed E-state index contributed by atoms with van der Waals surface area (Å²) < 4.78 is 3.51. The first-order chi connectivity index (χ1) is 7.66. The fourth-order valence-corrected chi connectivity index (χ4v) is 2.20. The van der Waals surface area contributed by atoms with Crippen LogP contribution in [0.3, 0.4) is 0 Å². The average Bonchev–Trinajstić information content (AvgIpc) is 2.28. The van der Waals surface area contributed by atoms with Crippen LogP contribution in [0.25, 0.3) is 0 Å². The Labute approximate surface area is 116 Å². The molecular formula is C12H9BrINO. The topological polar surface area (TPSA) is 22.0 Å². The summed E-state index contributed by atoms with van der Waals surface area (Å²) in [5, 5.41) is 0. The maximum absolute atomic E-state index is 11.8. The third-order valence-corrected chi connectivity index (χ3v) is 3.59. The van der Waals surface area contributed by atoms with Gasteiger partial charge >= 0.3 is 0 Å². The van der Waals surface area contributed by atoms with Crippen molar-refractivity contribution in [2.45, 2.75) is 6.54 Å². The summed E-state index contributed by atoms with van der Waals surface area (Å²) in [6, 6.07) is 11.7. The van der Waals surface area contributed by atoms with E-state index in [4.69, 9.17) is 0 Å². The molecule has 0 bridgehead atoms. The van der Waals surface area contributed by atoms with Crippen molar-refractivity contribution >= 4 is 38.5 Å². The van der Waals surface area contributed by atoms with Gasteiger partial charge in [-0.15, -0.1) is 0 Å². The molecule has 1 aromatic heterocycles. The van der Waals surface area contributed by atoms with Crippen LogP contribution in [0.5, 0.6) is 0 Å². The van der Waals surface area contributed by atoms with Gasteiger partial charge < -0.3 is 4.57 Å². The summed E-state index contributed by atoms with van der Waals surface area (Å²) >= 11 is 5.44. The molecule has 82 valence electrons. The van der Waals surface area contributed by atoms with Crippen LogP contribution in [-0.4, -0.2) is 4.57 Å². The first kappa shape index (κ1) is 11.9. The van der Waals surface area contributed by atoms with Gasteiger partial charge in [0.05, 0.1) is 10.1 Å². The monoisotopic (exact) mass is 389 g/mol. The molecule has 1 aromatic carbocycles. The van der Waals surface area contributed by atoms with Gasteiger partial charge in [0.2, 0.25) is 0 Å². The summed E-state index contributed by atoms with van der Waals surface area (Å²) in [5.74, 6) is 0.